The number of benzene rings is 1. The molecule has 0 N–H and O–H groups in total. The van der Waals surface area contributed by atoms with Gasteiger partial charge in [0.15, 0.2) is 11.9 Å². The number of pyridine rings is 1. The van der Waals surface area contributed by atoms with E-state index in [1.54, 1.807) is 19.1 Å². The number of nitrogens with zero attached hydrogens (tertiary/aromatic N) is 4. The molecule has 2 rings (SSSR count). The van der Waals surface area contributed by atoms with E-state index in [0.717, 1.165) is 16.1 Å². The Kier molecular flexibility index (Phi) is 3.75. The van der Waals surface area contributed by atoms with Gasteiger partial charge in [0.05, 0.1) is 11.4 Å². The highest BCUT2D eigenvalue weighted by atomic mass is 16.5. The number of hydrogen-bond acceptors (Lipinski definition) is 4. The van der Waals surface area contributed by atoms with E-state index in [4.69, 9.17) is 0 Å². The van der Waals surface area contributed by atoms with E-state index in [9.17, 15) is 5.21 Å². The molecule has 5 nitrogen and oxygen atoms in total. The first-order chi connectivity index (χ1) is 9.06. The Morgan fingerprint density at radius 3 is 2.21 bits per heavy atom. The molecule has 0 fully saturated rings. The zero-order valence-corrected chi connectivity index (χ0v) is 11.2. The van der Waals surface area contributed by atoms with Gasteiger partial charge in [0.25, 0.3) is 0 Å². The summed E-state index contributed by atoms with van der Waals surface area (Å²) in [5.41, 5.74) is 3.16. The minimum Gasteiger partial charge on any atom is -0.619 e. The van der Waals surface area contributed by atoms with Gasteiger partial charge < -0.3 is 10.1 Å². The third-order valence-corrected chi connectivity index (χ3v) is 2.73. The fourth-order valence-electron chi connectivity index (χ4n) is 1.58. The van der Waals surface area contributed by atoms with Crippen molar-refractivity contribution in [3.8, 4) is 0 Å². The lowest BCUT2D eigenvalue weighted by atomic mass is 10.3. The molecule has 0 amide bonds. The van der Waals surface area contributed by atoms with Crippen LogP contribution in [0.25, 0.3) is 0 Å². The molecule has 0 aliphatic rings. The molecule has 0 saturated carbocycles. The summed E-state index contributed by atoms with van der Waals surface area (Å²) >= 11 is 0. The van der Waals surface area contributed by atoms with Crippen LogP contribution in [0.3, 0.4) is 0 Å². The quantitative estimate of drug-likeness (QED) is 0.481. The van der Waals surface area contributed by atoms with Gasteiger partial charge in [-0.05, 0) is 24.3 Å². The van der Waals surface area contributed by atoms with Gasteiger partial charge in [-0.25, -0.2) is 0 Å². The first-order valence-corrected chi connectivity index (χ1v) is 5.95. The Morgan fingerprint density at radius 2 is 1.63 bits per heavy atom. The first-order valence-electron chi connectivity index (χ1n) is 5.95. The summed E-state index contributed by atoms with van der Waals surface area (Å²) in [5.74, 6) is 0. The van der Waals surface area contributed by atoms with E-state index >= 15 is 0 Å². The topological polar surface area (TPSA) is 54.9 Å². The highest BCUT2D eigenvalue weighted by Gasteiger charge is 2.00. The van der Waals surface area contributed by atoms with Gasteiger partial charge in [0.1, 0.15) is 0 Å². The van der Waals surface area contributed by atoms with Gasteiger partial charge in [0, 0.05) is 38.8 Å². The fourth-order valence-corrected chi connectivity index (χ4v) is 1.58. The summed E-state index contributed by atoms with van der Waals surface area (Å²) in [6.07, 6.45) is 1.43. The van der Waals surface area contributed by atoms with Crippen LogP contribution in [-0.4, -0.2) is 14.1 Å². The smallest absolute Gasteiger partial charge is 0.191 e. The highest BCUT2D eigenvalue weighted by Crippen LogP contribution is 2.20. The molecule has 0 atom stereocenters. The van der Waals surface area contributed by atoms with E-state index in [-0.39, 0.29) is 0 Å². The molecule has 0 bridgehead atoms. The highest BCUT2D eigenvalue weighted by molar-refractivity contribution is 5.51. The van der Waals surface area contributed by atoms with Crippen molar-refractivity contribution in [1.82, 2.24) is 0 Å². The summed E-state index contributed by atoms with van der Waals surface area (Å²) in [6, 6.07) is 11.1. The van der Waals surface area contributed by atoms with Gasteiger partial charge in [-0.2, -0.15) is 15.0 Å². The number of hydrogen-bond donors (Lipinski definition) is 0. The predicted molar refractivity (Wildman–Crippen MR) is 75.1 cm³/mol. The van der Waals surface area contributed by atoms with Gasteiger partial charge in [-0.3, -0.25) is 0 Å². The summed E-state index contributed by atoms with van der Waals surface area (Å²) in [4.78, 5) is 2.02. The summed E-state index contributed by atoms with van der Waals surface area (Å²) in [6.45, 7) is 1.73. The minimum atomic E-state index is 0.597. The van der Waals surface area contributed by atoms with Crippen LogP contribution in [0.15, 0.2) is 52.8 Å². The van der Waals surface area contributed by atoms with Gasteiger partial charge in [0.2, 0.25) is 0 Å². The Balaban J connectivity index is 2.15. The van der Waals surface area contributed by atoms with Crippen LogP contribution in [-0.2, 0) is 0 Å². The zero-order chi connectivity index (χ0) is 13.8. The van der Waals surface area contributed by atoms with E-state index < -0.39 is 0 Å². The number of aryl methyl sites for hydroxylation is 1. The third-order valence-electron chi connectivity index (χ3n) is 2.73. The van der Waals surface area contributed by atoms with Crippen molar-refractivity contribution in [3.63, 3.8) is 0 Å². The lowest BCUT2D eigenvalue weighted by Gasteiger charge is -2.11. The zero-order valence-electron chi connectivity index (χ0n) is 11.2. The molecule has 2 aromatic rings. The van der Waals surface area contributed by atoms with Gasteiger partial charge in [-0.1, -0.05) is 0 Å². The molecule has 98 valence electrons. The Morgan fingerprint density at radius 1 is 1.00 bits per heavy atom. The summed E-state index contributed by atoms with van der Waals surface area (Å²) in [7, 11) is 3.98. The number of rotatable bonds is 3. The predicted octanol–water partition coefficient (Wildman–Crippen LogP) is 3.11. The van der Waals surface area contributed by atoms with Crippen molar-refractivity contribution in [2.75, 3.05) is 19.0 Å². The Hall–Kier alpha value is -2.43. The average Bonchev–Trinajstić information content (AvgIpc) is 2.40. The average molecular weight is 256 g/mol. The van der Waals surface area contributed by atoms with Crippen molar-refractivity contribution < 1.29 is 4.73 Å². The molecule has 1 aromatic heterocycles. The first kappa shape index (κ1) is 13.0. The standard InChI is InChI=1S/C14H16N4O/c1-11-10-13(8-9-18(11)19)16-15-12-4-6-14(7-5-12)17(2)3/h4-10H,1-3H3. The van der Waals surface area contributed by atoms with E-state index in [2.05, 4.69) is 10.2 Å². The van der Waals surface area contributed by atoms with Crippen LogP contribution in [0.2, 0.25) is 0 Å². The largest absolute Gasteiger partial charge is 0.619 e. The minimum absolute atomic E-state index is 0.597. The molecule has 0 aliphatic carbocycles. The van der Waals surface area contributed by atoms with Crippen molar-refractivity contribution in [1.29, 1.82) is 0 Å². The second-order valence-electron chi connectivity index (χ2n) is 4.46. The Bertz CT molecular complexity index is 591. The number of azo groups is 1. The molecule has 0 saturated heterocycles. The van der Waals surface area contributed by atoms with Crippen LogP contribution in [0.1, 0.15) is 5.69 Å². The molecular formula is C14H16N4O. The second kappa shape index (κ2) is 5.48. The van der Waals surface area contributed by atoms with Gasteiger partial charge in [-0.15, -0.1) is 0 Å². The summed E-state index contributed by atoms with van der Waals surface area (Å²) < 4.78 is 0.797. The number of anilines is 1. The molecule has 0 unspecified atom stereocenters. The normalized spacial score (nSPS) is 10.9. The van der Waals surface area contributed by atoms with E-state index in [1.807, 2.05) is 43.3 Å². The molecular weight excluding hydrogens is 240 g/mol. The van der Waals surface area contributed by atoms with Crippen LogP contribution in [0.4, 0.5) is 17.1 Å². The van der Waals surface area contributed by atoms with E-state index in [0.29, 0.717) is 11.4 Å². The van der Waals surface area contributed by atoms with Crippen LogP contribution in [0.5, 0.6) is 0 Å². The lowest BCUT2D eigenvalue weighted by Crippen LogP contribution is -2.28. The molecule has 5 heteroatoms. The Labute approximate surface area is 112 Å². The lowest BCUT2D eigenvalue weighted by molar-refractivity contribution is -0.612. The molecule has 1 heterocycles. The maximum Gasteiger partial charge on any atom is 0.191 e. The molecule has 0 spiro atoms. The maximum atomic E-state index is 11.2. The molecule has 19 heavy (non-hydrogen) atoms. The molecule has 0 aliphatic heterocycles. The monoisotopic (exact) mass is 256 g/mol. The second-order valence-corrected chi connectivity index (χ2v) is 4.46. The number of aromatic nitrogens is 1. The van der Waals surface area contributed by atoms with Crippen molar-refractivity contribution in [2.24, 2.45) is 10.2 Å². The van der Waals surface area contributed by atoms with E-state index in [1.165, 1.54) is 6.20 Å². The van der Waals surface area contributed by atoms with Crippen LogP contribution >= 0.6 is 0 Å². The van der Waals surface area contributed by atoms with Crippen molar-refractivity contribution in [2.45, 2.75) is 6.92 Å². The van der Waals surface area contributed by atoms with Gasteiger partial charge >= 0.3 is 0 Å². The van der Waals surface area contributed by atoms with Crippen LogP contribution < -0.4 is 9.63 Å². The fraction of sp³-hybridized carbons (Fsp3) is 0.214. The van der Waals surface area contributed by atoms with Crippen LogP contribution in [0, 0.1) is 12.1 Å². The van der Waals surface area contributed by atoms with Crippen molar-refractivity contribution >= 4 is 17.1 Å². The van der Waals surface area contributed by atoms with Crippen molar-refractivity contribution in [3.05, 3.63) is 53.5 Å². The molecule has 1 aromatic carbocycles. The SMILES string of the molecule is Cc1cc(N=Nc2ccc(N(C)C)cc2)cc[n+]1[O-]. The molecule has 0 radical (unpaired) electrons. The third kappa shape index (κ3) is 3.28. The maximum absolute atomic E-state index is 11.2. The summed E-state index contributed by atoms with van der Waals surface area (Å²) in [5, 5.41) is 19.4.